The van der Waals surface area contributed by atoms with E-state index in [-0.39, 0.29) is 0 Å². The first-order valence-electron chi connectivity index (χ1n) is 4.17. The molecule has 0 saturated carbocycles. The first-order chi connectivity index (χ1) is 6.02. The summed E-state index contributed by atoms with van der Waals surface area (Å²) < 4.78 is 4.93. The maximum absolute atomic E-state index is 10.6. The number of carbonyl (C=O) groups is 1. The number of aromatic nitrogens is 1. The molecule has 1 rings (SSSR count). The molecule has 4 nitrogen and oxygen atoms in total. The molecule has 13 heavy (non-hydrogen) atoms. The smallest absolute Gasteiger partial charge is 0.306 e. The number of nitrogens with zero attached hydrogens (tertiary/aromatic N) is 1. The molecule has 0 aliphatic heterocycles. The van der Waals surface area contributed by atoms with Crippen LogP contribution in [0.15, 0.2) is 4.52 Å². The van der Waals surface area contributed by atoms with Crippen LogP contribution in [0, 0.1) is 19.8 Å². The number of aryl methyl sites for hydroxylation is 2. The minimum Gasteiger partial charge on any atom is -0.481 e. The molecule has 1 unspecified atom stereocenters. The van der Waals surface area contributed by atoms with Gasteiger partial charge in [0.25, 0.3) is 0 Å². The molecule has 0 aliphatic carbocycles. The van der Waals surface area contributed by atoms with E-state index in [1.807, 2.05) is 6.92 Å². The van der Waals surface area contributed by atoms with E-state index < -0.39 is 11.9 Å². The molecule has 0 fully saturated rings. The van der Waals surface area contributed by atoms with Gasteiger partial charge in [0.05, 0.1) is 11.6 Å². The lowest BCUT2D eigenvalue weighted by Crippen LogP contribution is -2.12. The lowest BCUT2D eigenvalue weighted by Gasteiger charge is -2.04. The second-order valence-corrected chi connectivity index (χ2v) is 3.25. The van der Waals surface area contributed by atoms with Crippen molar-refractivity contribution in [3.8, 4) is 0 Å². The summed E-state index contributed by atoms with van der Waals surface area (Å²) in [4.78, 5) is 10.6. The Morgan fingerprint density at radius 2 is 2.23 bits per heavy atom. The fraction of sp³-hybridized carbons (Fsp3) is 0.556. The van der Waals surface area contributed by atoms with Crippen LogP contribution in [-0.4, -0.2) is 16.2 Å². The molecule has 0 radical (unpaired) electrons. The van der Waals surface area contributed by atoms with Crippen molar-refractivity contribution in [3.63, 3.8) is 0 Å². The normalized spacial score (nSPS) is 12.8. The Kier molecular flexibility index (Phi) is 2.70. The highest BCUT2D eigenvalue weighted by atomic mass is 16.5. The largest absolute Gasteiger partial charge is 0.481 e. The summed E-state index contributed by atoms with van der Waals surface area (Å²) in [7, 11) is 0. The zero-order valence-electron chi connectivity index (χ0n) is 8.00. The standard InChI is InChI=1S/C9H13NO3/c1-5(9(11)12)4-8-6(2)10-13-7(8)3/h5H,4H2,1-3H3,(H,11,12). The maximum atomic E-state index is 10.6. The van der Waals surface area contributed by atoms with E-state index in [0.29, 0.717) is 12.2 Å². The number of carboxylic acid groups (broad SMARTS) is 1. The summed E-state index contributed by atoms with van der Waals surface area (Å²) in [5.74, 6) is -0.470. The van der Waals surface area contributed by atoms with E-state index >= 15 is 0 Å². The van der Waals surface area contributed by atoms with Crippen LogP contribution < -0.4 is 0 Å². The SMILES string of the molecule is Cc1noc(C)c1CC(C)C(=O)O. The van der Waals surface area contributed by atoms with Crippen molar-refractivity contribution in [2.75, 3.05) is 0 Å². The van der Waals surface area contributed by atoms with Gasteiger partial charge < -0.3 is 9.63 Å². The highest BCUT2D eigenvalue weighted by molar-refractivity contribution is 5.70. The summed E-state index contributed by atoms with van der Waals surface area (Å²) in [6, 6.07) is 0. The minimum absolute atomic E-state index is 0.392. The van der Waals surface area contributed by atoms with Crippen molar-refractivity contribution < 1.29 is 14.4 Å². The van der Waals surface area contributed by atoms with Gasteiger partial charge in [-0.1, -0.05) is 12.1 Å². The van der Waals surface area contributed by atoms with Gasteiger partial charge in [-0.2, -0.15) is 0 Å². The number of aliphatic carboxylic acids is 1. The minimum atomic E-state index is -0.792. The van der Waals surface area contributed by atoms with E-state index in [1.54, 1.807) is 13.8 Å². The van der Waals surface area contributed by atoms with Crippen molar-refractivity contribution in [1.82, 2.24) is 5.16 Å². The van der Waals surface area contributed by atoms with Crippen LogP contribution >= 0.6 is 0 Å². The van der Waals surface area contributed by atoms with E-state index in [2.05, 4.69) is 5.16 Å². The molecule has 0 saturated heterocycles. The topological polar surface area (TPSA) is 63.3 Å². The van der Waals surface area contributed by atoms with Crippen molar-refractivity contribution in [2.24, 2.45) is 5.92 Å². The molecule has 1 aromatic rings. The summed E-state index contributed by atoms with van der Waals surface area (Å²) in [6.07, 6.45) is 0.483. The van der Waals surface area contributed by atoms with Gasteiger partial charge in [0.2, 0.25) is 0 Å². The fourth-order valence-corrected chi connectivity index (χ4v) is 1.19. The Balaban J connectivity index is 2.79. The third-order valence-electron chi connectivity index (χ3n) is 2.11. The molecule has 1 heterocycles. The maximum Gasteiger partial charge on any atom is 0.306 e. The zero-order chi connectivity index (χ0) is 10.0. The number of carboxylic acids is 1. The molecule has 0 aliphatic rings. The van der Waals surface area contributed by atoms with Gasteiger partial charge in [0.15, 0.2) is 0 Å². The Morgan fingerprint density at radius 1 is 1.62 bits per heavy atom. The average Bonchev–Trinajstić information content (AvgIpc) is 2.35. The molecule has 1 N–H and O–H groups in total. The lowest BCUT2D eigenvalue weighted by molar-refractivity contribution is -0.141. The quantitative estimate of drug-likeness (QED) is 0.772. The second kappa shape index (κ2) is 3.60. The van der Waals surface area contributed by atoms with E-state index in [9.17, 15) is 4.79 Å². The molecular weight excluding hydrogens is 170 g/mol. The van der Waals surface area contributed by atoms with Gasteiger partial charge in [-0.05, 0) is 20.3 Å². The van der Waals surface area contributed by atoms with Crippen LogP contribution in [0.5, 0.6) is 0 Å². The van der Waals surface area contributed by atoms with Crippen molar-refractivity contribution in [1.29, 1.82) is 0 Å². The summed E-state index contributed by atoms with van der Waals surface area (Å²) in [6.45, 7) is 5.29. The number of rotatable bonds is 3. The number of hydrogen-bond acceptors (Lipinski definition) is 3. The predicted molar refractivity (Wildman–Crippen MR) is 46.5 cm³/mol. The van der Waals surface area contributed by atoms with Crippen LogP contribution in [0.25, 0.3) is 0 Å². The van der Waals surface area contributed by atoms with Gasteiger partial charge in [-0.3, -0.25) is 4.79 Å². The summed E-state index contributed by atoms with van der Waals surface area (Å²) in [5.41, 5.74) is 1.69. The third kappa shape index (κ3) is 2.08. The highest BCUT2D eigenvalue weighted by Crippen LogP contribution is 2.16. The predicted octanol–water partition coefficient (Wildman–Crippen LogP) is 1.55. The fourth-order valence-electron chi connectivity index (χ4n) is 1.19. The molecule has 0 amide bonds. The zero-order valence-corrected chi connectivity index (χ0v) is 8.00. The Morgan fingerprint density at radius 3 is 2.62 bits per heavy atom. The highest BCUT2D eigenvalue weighted by Gasteiger charge is 2.17. The molecule has 1 aromatic heterocycles. The van der Waals surface area contributed by atoms with Crippen LogP contribution in [-0.2, 0) is 11.2 Å². The number of hydrogen-bond donors (Lipinski definition) is 1. The Labute approximate surface area is 76.5 Å². The van der Waals surface area contributed by atoms with Gasteiger partial charge in [0.1, 0.15) is 5.76 Å². The molecule has 0 aromatic carbocycles. The molecule has 4 heteroatoms. The van der Waals surface area contributed by atoms with Gasteiger partial charge in [-0.25, -0.2) is 0 Å². The Hall–Kier alpha value is -1.32. The molecule has 72 valence electrons. The van der Waals surface area contributed by atoms with Crippen molar-refractivity contribution >= 4 is 5.97 Å². The van der Waals surface area contributed by atoms with E-state index in [4.69, 9.17) is 9.63 Å². The van der Waals surface area contributed by atoms with Gasteiger partial charge in [-0.15, -0.1) is 0 Å². The van der Waals surface area contributed by atoms with E-state index in [0.717, 1.165) is 11.3 Å². The van der Waals surface area contributed by atoms with Crippen LogP contribution in [0.3, 0.4) is 0 Å². The van der Waals surface area contributed by atoms with Gasteiger partial charge in [0, 0.05) is 5.56 Å². The monoisotopic (exact) mass is 183 g/mol. The second-order valence-electron chi connectivity index (χ2n) is 3.25. The van der Waals surface area contributed by atoms with E-state index in [1.165, 1.54) is 0 Å². The Bertz CT molecular complexity index is 297. The molecule has 0 bridgehead atoms. The molecular formula is C9H13NO3. The summed E-state index contributed by atoms with van der Waals surface area (Å²) >= 11 is 0. The van der Waals surface area contributed by atoms with Crippen molar-refractivity contribution in [2.45, 2.75) is 27.2 Å². The first-order valence-corrected chi connectivity index (χ1v) is 4.17. The first kappa shape index (κ1) is 9.77. The van der Waals surface area contributed by atoms with Crippen LogP contribution in [0.2, 0.25) is 0 Å². The average molecular weight is 183 g/mol. The molecule has 1 atom stereocenters. The van der Waals surface area contributed by atoms with Gasteiger partial charge >= 0.3 is 5.97 Å². The van der Waals surface area contributed by atoms with Crippen LogP contribution in [0.1, 0.15) is 23.9 Å². The van der Waals surface area contributed by atoms with Crippen LogP contribution in [0.4, 0.5) is 0 Å². The summed E-state index contributed by atoms with van der Waals surface area (Å²) in [5, 5.41) is 12.5. The lowest BCUT2D eigenvalue weighted by atomic mass is 10.0. The molecule has 0 spiro atoms. The third-order valence-corrected chi connectivity index (χ3v) is 2.11. The van der Waals surface area contributed by atoms with Crippen molar-refractivity contribution in [3.05, 3.63) is 17.0 Å².